The van der Waals surface area contributed by atoms with E-state index >= 15 is 0 Å². The van der Waals surface area contributed by atoms with Crippen molar-refractivity contribution < 1.29 is 18.0 Å². The Bertz CT molecular complexity index is 1080. The molecular weight excluding hydrogens is 453 g/mol. The number of nitrogens with one attached hydrogen (secondary N) is 3. The Labute approximate surface area is 204 Å². The minimum absolute atomic E-state index is 0.0603. The van der Waals surface area contributed by atoms with E-state index in [1.54, 1.807) is 7.05 Å². The Hall–Kier alpha value is -3.16. The molecule has 5 nitrogen and oxygen atoms in total. The van der Waals surface area contributed by atoms with E-state index in [9.17, 15) is 18.0 Å². The van der Waals surface area contributed by atoms with Gasteiger partial charge in [-0.05, 0) is 42.2 Å². The van der Waals surface area contributed by atoms with Crippen LogP contribution in [-0.2, 0) is 17.5 Å². The second-order valence-corrected chi connectivity index (χ2v) is 9.66. The van der Waals surface area contributed by atoms with E-state index in [0.29, 0.717) is 12.5 Å². The van der Waals surface area contributed by atoms with Crippen LogP contribution in [0.1, 0.15) is 38.3 Å². The fraction of sp³-hybridized carbons (Fsp3) is 0.444. The summed E-state index contributed by atoms with van der Waals surface area (Å²) in [5.41, 5.74) is 2.41. The van der Waals surface area contributed by atoms with Crippen molar-refractivity contribution in [2.75, 3.05) is 18.9 Å². The van der Waals surface area contributed by atoms with Crippen LogP contribution in [0.25, 0.3) is 0 Å². The molecule has 0 spiro atoms. The summed E-state index contributed by atoms with van der Waals surface area (Å²) in [4.78, 5) is 15.3. The lowest BCUT2D eigenvalue weighted by Gasteiger charge is -2.36. The average Bonchev–Trinajstić information content (AvgIpc) is 3.40. The maximum Gasteiger partial charge on any atom is 0.416 e. The third-order valence-corrected chi connectivity index (χ3v) is 6.87. The molecule has 1 aliphatic carbocycles. The number of hydrogen-bond acceptors (Lipinski definition) is 4. The normalized spacial score (nSPS) is 23.4. The lowest BCUT2D eigenvalue weighted by atomic mass is 10.1. The molecule has 0 saturated heterocycles. The molecule has 8 heteroatoms. The summed E-state index contributed by atoms with van der Waals surface area (Å²) in [6.07, 6.45) is -3.65. The molecule has 1 heterocycles. The first-order chi connectivity index (χ1) is 16.6. The van der Waals surface area contributed by atoms with Crippen LogP contribution in [0.2, 0.25) is 0 Å². The highest BCUT2D eigenvalue weighted by atomic mass is 19.4. The van der Waals surface area contributed by atoms with Gasteiger partial charge in [-0.1, -0.05) is 51.1 Å². The van der Waals surface area contributed by atoms with Crippen LogP contribution < -0.4 is 16.0 Å². The van der Waals surface area contributed by atoms with E-state index in [1.807, 2.05) is 30.3 Å². The smallest absolute Gasteiger partial charge is 0.386 e. The molecule has 4 rings (SSSR count). The number of rotatable bonds is 9. The number of nitrogens with zero attached hydrogens (tertiary/aromatic N) is 1. The zero-order valence-electron chi connectivity index (χ0n) is 20.5. The van der Waals surface area contributed by atoms with Crippen LogP contribution in [0, 0.1) is 17.8 Å². The molecule has 0 radical (unpaired) electrons. The van der Waals surface area contributed by atoms with Crippen LogP contribution in [-0.4, -0.2) is 30.1 Å². The van der Waals surface area contributed by atoms with Crippen molar-refractivity contribution in [3.63, 3.8) is 0 Å². The lowest BCUT2D eigenvalue weighted by molar-refractivity contribution is -0.137. The fourth-order valence-corrected chi connectivity index (χ4v) is 5.24. The van der Waals surface area contributed by atoms with E-state index in [-0.39, 0.29) is 17.7 Å². The van der Waals surface area contributed by atoms with E-state index in [0.717, 1.165) is 47.7 Å². The number of fused-ring (bicyclic) bond motifs is 1. The molecule has 2 aromatic carbocycles. The molecule has 3 N–H and O–H groups in total. The van der Waals surface area contributed by atoms with Crippen molar-refractivity contribution in [3.05, 3.63) is 77.1 Å². The molecule has 1 fully saturated rings. The summed E-state index contributed by atoms with van der Waals surface area (Å²) in [5.74, 6) is -0.0778. The van der Waals surface area contributed by atoms with Crippen LogP contribution in [0.3, 0.4) is 0 Å². The van der Waals surface area contributed by atoms with E-state index in [4.69, 9.17) is 0 Å². The maximum atomic E-state index is 13.1. The topological polar surface area (TPSA) is 56.4 Å². The first kappa shape index (κ1) is 24.9. The van der Waals surface area contributed by atoms with Gasteiger partial charge in [0.25, 0.3) is 0 Å². The summed E-state index contributed by atoms with van der Waals surface area (Å²) in [7, 11) is 1.64. The zero-order chi connectivity index (χ0) is 25.4. The minimum Gasteiger partial charge on any atom is -0.386 e. The summed E-state index contributed by atoms with van der Waals surface area (Å²) in [6.45, 7) is 7.49. The molecule has 2 aromatic rings. The molecule has 3 unspecified atom stereocenters. The molecule has 2 aliphatic rings. The zero-order valence-corrected chi connectivity index (χ0v) is 20.5. The van der Waals surface area contributed by atoms with Crippen LogP contribution in [0.15, 0.2) is 66.0 Å². The van der Waals surface area contributed by atoms with E-state index in [1.165, 1.54) is 12.1 Å². The summed E-state index contributed by atoms with van der Waals surface area (Å²) >= 11 is 0. The standard InChI is InChI=1S/C27H33F3N4O/c1-5-21-24(32-15-17(2)3)22-23(25(35)31-4)26(22,33-20-9-7-6-8-10-20)34(21)16-18-11-13-19(14-12-18)27(28,29)30/h6-14,17,22-23,32-33H,5,15-16H2,1-4H3,(H,31,35). The van der Waals surface area contributed by atoms with Gasteiger partial charge in [0.15, 0.2) is 0 Å². The maximum absolute atomic E-state index is 13.1. The highest BCUT2D eigenvalue weighted by Crippen LogP contribution is 2.64. The molecule has 35 heavy (non-hydrogen) atoms. The van der Waals surface area contributed by atoms with Crippen LogP contribution in [0.5, 0.6) is 0 Å². The largest absolute Gasteiger partial charge is 0.416 e. The molecule has 188 valence electrons. The number of benzene rings is 2. The Morgan fingerprint density at radius 3 is 2.29 bits per heavy atom. The van der Waals surface area contributed by atoms with Gasteiger partial charge < -0.3 is 20.9 Å². The number of halogens is 3. The van der Waals surface area contributed by atoms with Gasteiger partial charge in [-0.2, -0.15) is 13.2 Å². The van der Waals surface area contributed by atoms with E-state index in [2.05, 4.69) is 41.6 Å². The van der Waals surface area contributed by atoms with Gasteiger partial charge in [-0.25, -0.2) is 0 Å². The van der Waals surface area contributed by atoms with Gasteiger partial charge in [0.2, 0.25) is 5.91 Å². The minimum atomic E-state index is -4.38. The highest BCUT2D eigenvalue weighted by molar-refractivity contribution is 5.87. The van der Waals surface area contributed by atoms with Crippen molar-refractivity contribution in [1.29, 1.82) is 0 Å². The quantitative estimate of drug-likeness (QED) is 0.457. The van der Waals surface area contributed by atoms with Crippen molar-refractivity contribution >= 4 is 11.6 Å². The molecule has 1 aliphatic heterocycles. The predicted molar refractivity (Wildman–Crippen MR) is 131 cm³/mol. The first-order valence-electron chi connectivity index (χ1n) is 12.1. The molecule has 1 amide bonds. The second kappa shape index (κ2) is 9.47. The fourth-order valence-electron chi connectivity index (χ4n) is 5.24. The van der Waals surface area contributed by atoms with Gasteiger partial charge in [-0.3, -0.25) is 4.79 Å². The third-order valence-electron chi connectivity index (χ3n) is 6.87. The SMILES string of the molecule is CCC1=C(NCC(C)C)C2C(C(=O)NC)C2(Nc2ccccc2)N1Cc1ccc(C(F)(F)F)cc1. The van der Waals surface area contributed by atoms with Crippen molar-refractivity contribution in [1.82, 2.24) is 15.5 Å². The van der Waals surface area contributed by atoms with Gasteiger partial charge >= 0.3 is 6.18 Å². The van der Waals surface area contributed by atoms with Gasteiger partial charge in [0, 0.05) is 37.2 Å². The summed E-state index contributed by atoms with van der Waals surface area (Å²) < 4.78 is 39.3. The number of para-hydroxylation sites is 1. The molecule has 1 saturated carbocycles. The Morgan fingerprint density at radius 2 is 1.74 bits per heavy atom. The number of carbonyl (C=O) groups is 1. The Kier molecular flexibility index (Phi) is 6.75. The summed E-state index contributed by atoms with van der Waals surface area (Å²) in [5, 5.41) is 10.1. The Balaban J connectivity index is 1.76. The molecule has 0 bridgehead atoms. The summed E-state index contributed by atoms with van der Waals surface area (Å²) in [6, 6.07) is 15.0. The van der Waals surface area contributed by atoms with Crippen LogP contribution in [0.4, 0.5) is 18.9 Å². The van der Waals surface area contributed by atoms with Gasteiger partial charge in [0.05, 0.1) is 17.4 Å². The highest BCUT2D eigenvalue weighted by Gasteiger charge is 2.76. The number of carbonyl (C=O) groups excluding carboxylic acids is 1. The van der Waals surface area contributed by atoms with E-state index < -0.39 is 17.4 Å². The lowest BCUT2D eigenvalue weighted by Crippen LogP contribution is -2.45. The number of allylic oxidation sites excluding steroid dienone is 1. The second-order valence-electron chi connectivity index (χ2n) is 9.66. The number of amides is 1. The van der Waals surface area contributed by atoms with Gasteiger partial charge in [0.1, 0.15) is 5.66 Å². The third kappa shape index (κ3) is 4.58. The number of anilines is 1. The van der Waals surface area contributed by atoms with Crippen molar-refractivity contribution in [2.45, 2.75) is 45.6 Å². The van der Waals surface area contributed by atoms with Crippen molar-refractivity contribution in [3.8, 4) is 0 Å². The average molecular weight is 487 g/mol. The Morgan fingerprint density at radius 1 is 1.09 bits per heavy atom. The number of alkyl halides is 3. The monoisotopic (exact) mass is 486 g/mol. The van der Waals surface area contributed by atoms with Crippen molar-refractivity contribution in [2.24, 2.45) is 17.8 Å². The van der Waals surface area contributed by atoms with Crippen LogP contribution >= 0.6 is 0 Å². The first-order valence-corrected chi connectivity index (χ1v) is 12.1. The molecular formula is C27H33F3N4O. The molecule has 0 aromatic heterocycles. The number of hydrogen-bond donors (Lipinski definition) is 3. The molecule has 3 atom stereocenters. The van der Waals surface area contributed by atoms with Gasteiger partial charge in [-0.15, -0.1) is 0 Å². The predicted octanol–water partition coefficient (Wildman–Crippen LogP) is 5.19.